The van der Waals surface area contributed by atoms with Crippen molar-refractivity contribution >= 4 is 11.6 Å². The first-order valence-corrected chi connectivity index (χ1v) is 7.11. The number of nitrogens with one attached hydrogen (secondary N) is 3. The van der Waals surface area contributed by atoms with Crippen molar-refractivity contribution in [2.45, 2.75) is 12.6 Å². The number of benzene rings is 1. The molecule has 1 amide bonds. The Morgan fingerprint density at radius 3 is 2.74 bits per heavy atom. The molecule has 3 N–H and O–H groups in total. The van der Waals surface area contributed by atoms with E-state index in [1.165, 1.54) is 0 Å². The molecule has 1 unspecified atom stereocenters. The first-order chi connectivity index (χ1) is 10.9. The largest absolute Gasteiger partial charge is 0.404 e. The summed E-state index contributed by atoms with van der Waals surface area (Å²) in [5.41, 5.74) is -0.616. The van der Waals surface area contributed by atoms with E-state index >= 15 is 0 Å². The molecule has 1 aromatic heterocycles. The summed E-state index contributed by atoms with van der Waals surface area (Å²) in [6, 6.07) is 8.35. The van der Waals surface area contributed by atoms with Gasteiger partial charge in [-0.15, -0.1) is 0 Å². The third-order valence-electron chi connectivity index (χ3n) is 4.06. The Morgan fingerprint density at radius 1 is 1.30 bits per heavy atom. The Balaban J connectivity index is 1.84. The van der Waals surface area contributed by atoms with Crippen molar-refractivity contribution < 1.29 is 18.0 Å². The molecule has 1 fully saturated rings. The van der Waals surface area contributed by atoms with Gasteiger partial charge in [0.25, 0.3) is 0 Å². The lowest BCUT2D eigenvalue weighted by atomic mass is 9.85. The van der Waals surface area contributed by atoms with E-state index in [4.69, 9.17) is 0 Å². The van der Waals surface area contributed by atoms with Gasteiger partial charge in [0.05, 0.1) is 5.69 Å². The van der Waals surface area contributed by atoms with Crippen molar-refractivity contribution in [1.29, 1.82) is 0 Å². The van der Waals surface area contributed by atoms with Crippen LogP contribution < -0.4 is 10.6 Å². The molecule has 1 atom stereocenters. The van der Waals surface area contributed by atoms with Crippen LogP contribution in [0.4, 0.5) is 18.9 Å². The number of alkyl halides is 3. The zero-order valence-electron chi connectivity index (χ0n) is 12.1. The molecule has 1 aliphatic heterocycles. The quantitative estimate of drug-likeness (QED) is 0.813. The summed E-state index contributed by atoms with van der Waals surface area (Å²) in [5, 5.41) is 11.6. The normalized spacial score (nSPS) is 21.3. The second-order valence-electron chi connectivity index (χ2n) is 5.51. The number of hydrogen-bond acceptors (Lipinski definition) is 3. The lowest BCUT2D eigenvalue weighted by Gasteiger charge is -2.29. The highest BCUT2D eigenvalue weighted by molar-refractivity contribution is 5.96. The minimum Gasteiger partial charge on any atom is -0.325 e. The van der Waals surface area contributed by atoms with E-state index in [1.807, 2.05) is 0 Å². The van der Waals surface area contributed by atoms with Gasteiger partial charge in [0.1, 0.15) is 0 Å². The average Bonchev–Trinajstić information content (AvgIpc) is 3.19. The van der Waals surface area contributed by atoms with Crippen LogP contribution in [0.2, 0.25) is 0 Å². The fourth-order valence-electron chi connectivity index (χ4n) is 2.69. The summed E-state index contributed by atoms with van der Waals surface area (Å²) >= 11 is 0. The van der Waals surface area contributed by atoms with Crippen LogP contribution in [0, 0.1) is 5.41 Å². The van der Waals surface area contributed by atoms with E-state index < -0.39 is 24.0 Å². The summed E-state index contributed by atoms with van der Waals surface area (Å²) in [6.07, 6.45) is -3.28. The molecule has 0 aliphatic carbocycles. The number of hydrogen-bond donors (Lipinski definition) is 3. The Kier molecular flexibility index (Phi) is 3.85. The van der Waals surface area contributed by atoms with Crippen LogP contribution in [-0.4, -0.2) is 35.4 Å². The summed E-state index contributed by atoms with van der Waals surface area (Å²) in [5.74, 6) is -1.03. The summed E-state index contributed by atoms with van der Waals surface area (Å²) in [6.45, 7) is -0.232. The maximum atomic E-state index is 13.4. The molecular weight excluding hydrogens is 309 g/mol. The number of aromatic amines is 1. The maximum absolute atomic E-state index is 13.4. The number of anilines is 1. The summed E-state index contributed by atoms with van der Waals surface area (Å²) < 4.78 is 40.1. The molecule has 23 heavy (non-hydrogen) atoms. The van der Waals surface area contributed by atoms with Crippen molar-refractivity contribution in [2.24, 2.45) is 5.41 Å². The number of amides is 1. The highest BCUT2D eigenvalue weighted by atomic mass is 19.4. The molecule has 2 aromatic rings. The van der Waals surface area contributed by atoms with Gasteiger partial charge < -0.3 is 10.6 Å². The van der Waals surface area contributed by atoms with E-state index in [-0.39, 0.29) is 13.0 Å². The van der Waals surface area contributed by atoms with Gasteiger partial charge in [0, 0.05) is 24.0 Å². The number of rotatable bonds is 3. The van der Waals surface area contributed by atoms with Gasteiger partial charge >= 0.3 is 6.18 Å². The number of carbonyl (C=O) groups excluding carboxylic acids is 1. The Hall–Kier alpha value is -2.35. The molecule has 0 radical (unpaired) electrons. The Labute approximate surface area is 130 Å². The molecule has 122 valence electrons. The van der Waals surface area contributed by atoms with Crippen LogP contribution >= 0.6 is 0 Å². The molecular formula is C15H15F3N4O. The van der Waals surface area contributed by atoms with Crippen LogP contribution in [0.5, 0.6) is 0 Å². The van der Waals surface area contributed by atoms with Crippen molar-refractivity contribution in [3.05, 3.63) is 36.5 Å². The van der Waals surface area contributed by atoms with Gasteiger partial charge in [0.15, 0.2) is 5.41 Å². The standard InChI is InChI=1S/C15H15F3N4O/c16-15(17,18)14(5-7-19-9-14)13(23)21-11-3-1-2-10(8-11)12-4-6-20-22-12/h1-4,6,8,19H,5,7,9H2,(H,20,22)(H,21,23). The summed E-state index contributed by atoms with van der Waals surface area (Å²) in [7, 11) is 0. The Morgan fingerprint density at radius 2 is 2.13 bits per heavy atom. The van der Waals surface area contributed by atoms with Crippen LogP contribution in [0.1, 0.15) is 6.42 Å². The Bertz CT molecular complexity index is 691. The molecule has 1 saturated heterocycles. The minimum atomic E-state index is -4.60. The van der Waals surface area contributed by atoms with Gasteiger partial charge in [-0.25, -0.2) is 0 Å². The van der Waals surface area contributed by atoms with Crippen LogP contribution in [0.25, 0.3) is 11.3 Å². The topological polar surface area (TPSA) is 69.8 Å². The molecule has 2 heterocycles. The lowest BCUT2D eigenvalue weighted by Crippen LogP contribution is -2.49. The first kappa shape index (κ1) is 15.5. The summed E-state index contributed by atoms with van der Waals surface area (Å²) in [4.78, 5) is 12.3. The lowest BCUT2D eigenvalue weighted by molar-refractivity contribution is -0.213. The zero-order valence-corrected chi connectivity index (χ0v) is 12.1. The molecule has 5 nitrogen and oxygen atoms in total. The smallest absolute Gasteiger partial charge is 0.325 e. The highest BCUT2D eigenvalue weighted by Crippen LogP contribution is 2.43. The average molecular weight is 324 g/mol. The van der Waals surface area contributed by atoms with E-state index in [0.29, 0.717) is 11.4 Å². The van der Waals surface area contributed by atoms with Crippen LogP contribution in [0.3, 0.4) is 0 Å². The van der Waals surface area contributed by atoms with Gasteiger partial charge in [-0.3, -0.25) is 9.89 Å². The maximum Gasteiger partial charge on any atom is 0.404 e. The minimum absolute atomic E-state index is 0.168. The number of aromatic nitrogens is 2. The van der Waals surface area contributed by atoms with Crippen molar-refractivity contribution in [3.8, 4) is 11.3 Å². The fraction of sp³-hybridized carbons (Fsp3) is 0.333. The molecule has 0 spiro atoms. The van der Waals surface area contributed by atoms with Crippen LogP contribution in [-0.2, 0) is 4.79 Å². The van der Waals surface area contributed by atoms with Gasteiger partial charge in [0.2, 0.25) is 5.91 Å². The molecule has 1 aliphatic rings. The molecule has 1 aromatic carbocycles. The fourth-order valence-corrected chi connectivity index (χ4v) is 2.69. The van der Waals surface area contributed by atoms with E-state index in [0.717, 1.165) is 5.56 Å². The second-order valence-corrected chi connectivity index (χ2v) is 5.51. The van der Waals surface area contributed by atoms with Crippen molar-refractivity contribution in [3.63, 3.8) is 0 Å². The highest BCUT2D eigenvalue weighted by Gasteiger charge is 2.61. The number of nitrogens with zero attached hydrogens (tertiary/aromatic N) is 1. The number of H-pyrrole nitrogens is 1. The predicted octanol–water partition coefficient (Wildman–Crippen LogP) is 2.56. The predicted molar refractivity (Wildman–Crippen MR) is 78.6 cm³/mol. The molecule has 0 bridgehead atoms. The second kappa shape index (κ2) is 5.69. The van der Waals surface area contributed by atoms with Gasteiger partial charge in [-0.1, -0.05) is 12.1 Å². The third-order valence-corrected chi connectivity index (χ3v) is 4.06. The third kappa shape index (κ3) is 2.81. The van der Waals surface area contributed by atoms with Gasteiger partial charge in [-0.2, -0.15) is 18.3 Å². The zero-order chi connectivity index (χ0) is 16.5. The monoisotopic (exact) mass is 324 g/mol. The van der Waals surface area contributed by atoms with E-state index in [9.17, 15) is 18.0 Å². The first-order valence-electron chi connectivity index (χ1n) is 7.11. The van der Waals surface area contributed by atoms with E-state index in [2.05, 4.69) is 20.8 Å². The molecule has 8 heteroatoms. The number of carbonyl (C=O) groups is 1. The van der Waals surface area contributed by atoms with Crippen molar-refractivity contribution in [1.82, 2.24) is 15.5 Å². The SMILES string of the molecule is O=C(Nc1cccc(-c2ccn[nH]2)c1)C1(C(F)(F)F)CCNC1. The van der Waals surface area contributed by atoms with E-state index in [1.54, 1.807) is 36.5 Å². The van der Waals surface area contributed by atoms with Gasteiger partial charge in [-0.05, 0) is 31.2 Å². The molecule has 0 saturated carbocycles. The van der Waals surface area contributed by atoms with Crippen LogP contribution in [0.15, 0.2) is 36.5 Å². The van der Waals surface area contributed by atoms with Crippen molar-refractivity contribution in [2.75, 3.05) is 18.4 Å². The molecule has 3 rings (SSSR count). The number of halogens is 3.